The number of primary amides is 1. The first-order valence-electron chi connectivity index (χ1n) is 3.69. The van der Waals surface area contributed by atoms with E-state index in [9.17, 15) is 9.59 Å². The highest BCUT2D eigenvalue weighted by Crippen LogP contribution is 1.89. The third kappa shape index (κ3) is 2.83. The zero-order chi connectivity index (χ0) is 10.6. The largest absolute Gasteiger partial charge is 0.368 e. The van der Waals surface area contributed by atoms with Gasteiger partial charge in [-0.25, -0.2) is 10.5 Å². The van der Waals surface area contributed by atoms with Gasteiger partial charge in [-0.3, -0.25) is 19.5 Å². The molecule has 1 rings (SSSR count). The monoisotopic (exact) mass is 199 g/mol. The van der Waals surface area contributed by atoms with Crippen LogP contribution in [0.3, 0.4) is 0 Å². The van der Waals surface area contributed by atoms with Gasteiger partial charge >= 0.3 is 5.91 Å². The average molecular weight is 199 g/mol. The summed E-state index contributed by atoms with van der Waals surface area (Å²) in [6.45, 7) is 1.25. The lowest BCUT2D eigenvalue weighted by Crippen LogP contribution is -2.30. The third-order valence-electron chi connectivity index (χ3n) is 1.18. The molecule has 0 bridgehead atoms. The molecular weight excluding hydrogens is 190 g/mol. The van der Waals surface area contributed by atoms with Gasteiger partial charge in [0, 0.05) is 0 Å². The number of hydrogen-bond donors (Lipinski definition) is 3. The summed E-state index contributed by atoms with van der Waals surface area (Å²) in [7, 11) is 0. The number of carbonyl (C=O) groups excluding carboxylic acids is 2. The number of aromatic amines is 1. The van der Waals surface area contributed by atoms with Crippen molar-refractivity contribution in [1.82, 2.24) is 20.7 Å². The highest BCUT2D eigenvalue weighted by Gasteiger charge is 2.10. The van der Waals surface area contributed by atoms with Gasteiger partial charge in [0.15, 0.2) is 6.61 Å². The van der Waals surface area contributed by atoms with E-state index in [-0.39, 0.29) is 5.82 Å². The summed E-state index contributed by atoms with van der Waals surface area (Å²) in [5, 5.41) is 6.05. The number of carbonyl (C=O) groups is 2. The molecule has 0 aliphatic heterocycles. The Bertz CT molecular complexity index is 347. The van der Waals surface area contributed by atoms with Crippen molar-refractivity contribution < 1.29 is 14.4 Å². The molecule has 0 aliphatic rings. The molecule has 0 fully saturated rings. The Morgan fingerprint density at radius 1 is 1.64 bits per heavy atom. The summed E-state index contributed by atoms with van der Waals surface area (Å²) >= 11 is 0. The second-order valence-corrected chi connectivity index (χ2v) is 2.43. The molecule has 0 spiro atoms. The number of H-pyrrole nitrogens is 1. The van der Waals surface area contributed by atoms with Crippen LogP contribution in [0, 0.1) is 6.92 Å². The van der Waals surface area contributed by atoms with E-state index < -0.39 is 18.4 Å². The molecular formula is C6H9N5O3. The minimum atomic E-state index is -0.684. The molecule has 0 aromatic carbocycles. The van der Waals surface area contributed by atoms with E-state index in [0.717, 1.165) is 0 Å². The second kappa shape index (κ2) is 4.33. The first-order valence-corrected chi connectivity index (χ1v) is 3.69. The van der Waals surface area contributed by atoms with Crippen molar-refractivity contribution >= 4 is 11.8 Å². The van der Waals surface area contributed by atoms with Gasteiger partial charge in [0.25, 0.3) is 0 Å². The topological polar surface area (TPSA) is 123 Å². The van der Waals surface area contributed by atoms with Crippen LogP contribution in [-0.4, -0.2) is 33.6 Å². The molecule has 1 aromatic rings. The lowest BCUT2D eigenvalue weighted by atomic mass is 10.6. The van der Waals surface area contributed by atoms with E-state index >= 15 is 0 Å². The van der Waals surface area contributed by atoms with E-state index in [4.69, 9.17) is 5.73 Å². The maximum Gasteiger partial charge on any atom is 0.314 e. The normalized spacial score (nSPS) is 9.79. The van der Waals surface area contributed by atoms with E-state index in [2.05, 4.69) is 20.0 Å². The molecule has 14 heavy (non-hydrogen) atoms. The number of nitrogens with two attached hydrogens (primary N) is 1. The Balaban J connectivity index is 2.39. The quantitative estimate of drug-likeness (QED) is 0.496. The van der Waals surface area contributed by atoms with Gasteiger partial charge in [-0.2, -0.15) is 0 Å². The molecule has 0 saturated heterocycles. The molecule has 0 atom stereocenters. The first-order chi connectivity index (χ1) is 6.59. The maximum absolute atomic E-state index is 11.1. The highest BCUT2D eigenvalue weighted by atomic mass is 16.7. The van der Waals surface area contributed by atoms with Crippen molar-refractivity contribution in [2.75, 3.05) is 6.61 Å². The Kier molecular flexibility index (Phi) is 3.13. The van der Waals surface area contributed by atoms with E-state index in [1.54, 1.807) is 6.92 Å². The van der Waals surface area contributed by atoms with Crippen LogP contribution in [0.2, 0.25) is 0 Å². The summed E-state index contributed by atoms with van der Waals surface area (Å²) in [5.41, 5.74) is 6.73. The maximum atomic E-state index is 11.1. The predicted octanol–water partition coefficient (Wildman–Crippen LogP) is -1.74. The lowest BCUT2D eigenvalue weighted by molar-refractivity contribution is -0.124. The van der Waals surface area contributed by atoms with Crippen LogP contribution in [0.4, 0.5) is 0 Å². The van der Waals surface area contributed by atoms with Gasteiger partial charge in [0.1, 0.15) is 5.82 Å². The van der Waals surface area contributed by atoms with Crippen LogP contribution >= 0.6 is 0 Å². The third-order valence-corrected chi connectivity index (χ3v) is 1.18. The Morgan fingerprint density at radius 3 is 2.86 bits per heavy atom. The fraction of sp³-hybridized carbons (Fsp3) is 0.333. The van der Waals surface area contributed by atoms with Gasteiger partial charge in [-0.1, -0.05) is 0 Å². The molecule has 76 valence electrons. The van der Waals surface area contributed by atoms with Crippen molar-refractivity contribution in [1.29, 1.82) is 0 Å². The Hall–Kier alpha value is -1.96. The molecule has 8 nitrogen and oxygen atoms in total. The lowest BCUT2D eigenvalue weighted by Gasteiger charge is -1.99. The van der Waals surface area contributed by atoms with Crippen LogP contribution in [-0.2, 0) is 9.63 Å². The molecule has 0 unspecified atom stereocenters. The van der Waals surface area contributed by atoms with Crippen molar-refractivity contribution in [2.45, 2.75) is 6.92 Å². The summed E-state index contributed by atoms with van der Waals surface area (Å²) in [6.07, 6.45) is 0. The van der Waals surface area contributed by atoms with Crippen LogP contribution in [0.15, 0.2) is 0 Å². The summed E-state index contributed by atoms with van der Waals surface area (Å²) in [4.78, 5) is 29.5. The van der Waals surface area contributed by atoms with Crippen LogP contribution in [0.1, 0.15) is 16.4 Å². The predicted molar refractivity (Wildman–Crippen MR) is 43.7 cm³/mol. The number of aromatic nitrogens is 3. The van der Waals surface area contributed by atoms with Gasteiger partial charge in [0.2, 0.25) is 11.7 Å². The standard InChI is InChI=1S/C6H9N5O3/c1-3-8-5(10-9-3)6(13)11-14-2-4(7)12/h2H2,1H3,(H2,7,12)(H,11,13)(H,8,9,10). The van der Waals surface area contributed by atoms with Gasteiger partial charge in [0.05, 0.1) is 0 Å². The molecule has 0 saturated carbocycles. The molecule has 4 N–H and O–H groups in total. The van der Waals surface area contributed by atoms with Crippen molar-refractivity contribution in [2.24, 2.45) is 5.73 Å². The van der Waals surface area contributed by atoms with E-state index in [1.165, 1.54) is 0 Å². The zero-order valence-corrected chi connectivity index (χ0v) is 7.40. The number of nitrogens with zero attached hydrogens (tertiary/aromatic N) is 2. The molecule has 1 heterocycles. The molecule has 0 aliphatic carbocycles. The fourth-order valence-corrected chi connectivity index (χ4v) is 0.663. The van der Waals surface area contributed by atoms with Crippen molar-refractivity contribution in [3.05, 3.63) is 11.6 Å². The summed E-state index contributed by atoms with van der Waals surface area (Å²) in [6, 6.07) is 0. The van der Waals surface area contributed by atoms with E-state index in [0.29, 0.717) is 5.82 Å². The van der Waals surface area contributed by atoms with Gasteiger partial charge < -0.3 is 5.73 Å². The van der Waals surface area contributed by atoms with Crippen LogP contribution in [0.5, 0.6) is 0 Å². The van der Waals surface area contributed by atoms with Gasteiger partial charge in [-0.15, -0.1) is 5.10 Å². The summed E-state index contributed by atoms with van der Waals surface area (Å²) < 4.78 is 0. The number of hydrogen-bond acceptors (Lipinski definition) is 5. The van der Waals surface area contributed by atoms with Crippen molar-refractivity contribution in [3.8, 4) is 0 Å². The highest BCUT2D eigenvalue weighted by molar-refractivity contribution is 5.89. The molecule has 8 heteroatoms. The number of hydroxylamine groups is 1. The average Bonchev–Trinajstić information content (AvgIpc) is 2.51. The first kappa shape index (κ1) is 10.1. The smallest absolute Gasteiger partial charge is 0.314 e. The second-order valence-electron chi connectivity index (χ2n) is 2.43. The Morgan fingerprint density at radius 2 is 2.36 bits per heavy atom. The van der Waals surface area contributed by atoms with Crippen LogP contribution < -0.4 is 11.2 Å². The number of nitrogens with one attached hydrogen (secondary N) is 2. The van der Waals surface area contributed by atoms with Crippen LogP contribution in [0.25, 0.3) is 0 Å². The van der Waals surface area contributed by atoms with Gasteiger partial charge in [-0.05, 0) is 6.92 Å². The minimum absolute atomic E-state index is 0.0630. The molecule has 0 radical (unpaired) electrons. The van der Waals surface area contributed by atoms with E-state index in [1.807, 2.05) is 5.48 Å². The number of rotatable bonds is 4. The Labute approximate surface area is 78.8 Å². The van der Waals surface area contributed by atoms with Crippen molar-refractivity contribution in [3.63, 3.8) is 0 Å². The summed E-state index contributed by atoms with van der Waals surface area (Å²) in [5.74, 6) is -0.885. The molecule has 1 aromatic heterocycles. The number of aryl methyl sites for hydroxylation is 1. The molecule has 2 amide bonds. The SMILES string of the molecule is Cc1nc(C(=O)NOCC(N)=O)n[nH]1. The number of amides is 2. The minimum Gasteiger partial charge on any atom is -0.368 e. The zero-order valence-electron chi connectivity index (χ0n) is 7.40. The fourth-order valence-electron chi connectivity index (χ4n) is 0.663.